The SMILES string of the molecule is COC(CN)C(=O)NCC(=O)NCc1ccccc1. The molecule has 0 spiro atoms. The van der Waals surface area contributed by atoms with Crippen LogP contribution in [0.1, 0.15) is 5.56 Å². The van der Waals surface area contributed by atoms with Crippen LogP contribution in [0.4, 0.5) is 0 Å². The molecule has 4 N–H and O–H groups in total. The standard InChI is InChI=1S/C13H19N3O3/c1-19-11(7-14)13(18)16-9-12(17)15-8-10-5-3-2-4-6-10/h2-6,11H,7-9,14H2,1H3,(H,15,17)(H,16,18). The Morgan fingerprint density at radius 1 is 1.26 bits per heavy atom. The average molecular weight is 265 g/mol. The summed E-state index contributed by atoms with van der Waals surface area (Å²) in [5.41, 5.74) is 6.34. The van der Waals surface area contributed by atoms with Gasteiger partial charge < -0.3 is 21.1 Å². The van der Waals surface area contributed by atoms with Crippen LogP contribution < -0.4 is 16.4 Å². The van der Waals surface area contributed by atoms with E-state index in [9.17, 15) is 9.59 Å². The molecule has 0 bridgehead atoms. The minimum atomic E-state index is -0.720. The first-order valence-electron chi connectivity index (χ1n) is 5.98. The van der Waals surface area contributed by atoms with Gasteiger partial charge in [-0.3, -0.25) is 9.59 Å². The predicted octanol–water partition coefficient (Wildman–Crippen LogP) is -0.607. The van der Waals surface area contributed by atoms with Gasteiger partial charge in [-0.25, -0.2) is 0 Å². The number of hydrogen-bond acceptors (Lipinski definition) is 4. The lowest BCUT2D eigenvalue weighted by atomic mass is 10.2. The van der Waals surface area contributed by atoms with Crippen molar-refractivity contribution in [3.8, 4) is 0 Å². The van der Waals surface area contributed by atoms with Gasteiger partial charge in [0.2, 0.25) is 5.91 Å². The number of methoxy groups -OCH3 is 1. The topological polar surface area (TPSA) is 93.4 Å². The molecule has 19 heavy (non-hydrogen) atoms. The Bertz CT molecular complexity index is 405. The molecule has 0 aliphatic rings. The minimum Gasteiger partial charge on any atom is -0.370 e. The van der Waals surface area contributed by atoms with Crippen LogP contribution in [0.2, 0.25) is 0 Å². The molecule has 1 unspecified atom stereocenters. The molecule has 0 aliphatic heterocycles. The van der Waals surface area contributed by atoms with Crippen molar-refractivity contribution in [1.29, 1.82) is 0 Å². The van der Waals surface area contributed by atoms with E-state index in [0.717, 1.165) is 5.56 Å². The summed E-state index contributed by atoms with van der Waals surface area (Å²) in [7, 11) is 1.40. The molecule has 1 aromatic carbocycles. The van der Waals surface area contributed by atoms with Gasteiger partial charge in [0, 0.05) is 20.2 Å². The number of nitrogens with one attached hydrogen (secondary N) is 2. The number of nitrogens with two attached hydrogens (primary N) is 1. The largest absolute Gasteiger partial charge is 0.370 e. The Labute approximate surface area is 112 Å². The third-order valence-electron chi connectivity index (χ3n) is 2.55. The summed E-state index contributed by atoms with van der Waals surface area (Å²) in [5.74, 6) is -0.649. The van der Waals surface area contributed by atoms with Crippen LogP contribution in [0.5, 0.6) is 0 Å². The lowest BCUT2D eigenvalue weighted by molar-refractivity contribution is -0.132. The van der Waals surface area contributed by atoms with Crippen LogP contribution in [0.15, 0.2) is 30.3 Å². The Morgan fingerprint density at radius 2 is 1.95 bits per heavy atom. The summed E-state index contributed by atoms with van der Waals surface area (Å²) >= 11 is 0. The van der Waals surface area contributed by atoms with Crippen LogP contribution in [0, 0.1) is 0 Å². The second-order valence-electron chi connectivity index (χ2n) is 3.94. The van der Waals surface area contributed by atoms with Gasteiger partial charge in [0.15, 0.2) is 0 Å². The number of carbonyl (C=O) groups excluding carboxylic acids is 2. The molecule has 6 heteroatoms. The van der Waals surface area contributed by atoms with Crippen LogP contribution in [0.25, 0.3) is 0 Å². The van der Waals surface area contributed by atoms with Crippen LogP contribution in [0.3, 0.4) is 0 Å². The van der Waals surface area contributed by atoms with Gasteiger partial charge in [-0.2, -0.15) is 0 Å². The van der Waals surface area contributed by atoms with Crippen molar-refractivity contribution in [3.63, 3.8) is 0 Å². The second kappa shape index (κ2) is 8.23. The molecule has 104 valence electrons. The van der Waals surface area contributed by atoms with E-state index in [1.54, 1.807) is 0 Å². The zero-order valence-corrected chi connectivity index (χ0v) is 10.9. The Kier molecular flexibility index (Phi) is 6.56. The number of hydrogen-bond donors (Lipinski definition) is 3. The maximum atomic E-state index is 11.5. The van der Waals surface area contributed by atoms with Gasteiger partial charge in [-0.15, -0.1) is 0 Å². The van der Waals surface area contributed by atoms with Crippen molar-refractivity contribution in [3.05, 3.63) is 35.9 Å². The average Bonchev–Trinajstić information content (AvgIpc) is 2.45. The number of ether oxygens (including phenoxy) is 1. The van der Waals surface area contributed by atoms with E-state index in [-0.39, 0.29) is 24.9 Å². The highest BCUT2D eigenvalue weighted by Gasteiger charge is 2.15. The van der Waals surface area contributed by atoms with E-state index >= 15 is 0 Å². The molecule has 1 aromatic rings. The van der Waals surface area contributed by atoms with Crippen LogP contribution >= 0.6 is 0 Å². The highest BCUT2D eigenvalue weighted by Crippen LogP contribution is 1.96. The van der Waals surface area contributed by atoms with Crippen molar-refractivity contribution < 1.29 is 14.3 Å². The zero-order valence-electron chi connectivity index (χ0n) is 10.9. The van der Waals surface area contributed by atoms with E-state index in [2.05, 4.69) is 10.6 Å². The molecule has 0 radical (unpaired) electrons. The molecular formula is C13H19N3O3. The van der Waals surface area contributed by atoms with E-state index in [1.807, 2.05) is 30.3 Å². The molecule has 2 amide bonds. The Hall–Kier alpha value is -1.92. The summed E-state index contributed by atoms with van der Waals surface area (Å²) in [6.07, 6.45) is -0.720. The molecule has 1 atom stereocenters. The minimum absolute atomic E-state index is 0.0773. The van der Waals surface area contributed by atoms with Crippen molar-refractivity contribution in [1.82, 2.24) is 10.6 Å². The van der Waals surface area contributed by atoms with Gasteiger partial charge in [0.1, 0.15) is 6.10 Å². The van der Waals surface area contributed by atoms with Crippen LogP contribution in [-0.2, 0) is 20.9 Å². The van der Waals surface area contributed by atoms with Crippen molar-refractivity contribution >= 4 is 11.8 Å². The number of benzene rings is 1. The Morgan fingerprint density at radius 3 is 2.53 bits per heavy atom. The Balaban J connectivity index is 2.26. The number of rotatable bonds is 7. The summed E-state index contributed by atoms with van der Waals surface area (Å²) < 4.78 is 4.85. The third-order valence-corrected chi connectivity index (χ3v) is 2.55. The van der Waals surface area contributed by atoms with E-state index in [4.69, 9.17) is 10.5 Å². The first kappa shape index (κ1) is 15.1. The van der Waals surface area contributed by atoms with Gasteiger partial charge in [0.25, 0.3) is 5.91 Å². The molecule has 0 saturated carbocycles. The van der Waals surface area contributed by atoms with E-state index in [1.165, 1.54) is 7.11 Å². The third kappa shape index (κ3) is 5.50. The number of carbonyl (C=O) groups is 2. The first-order valence-corrected chi connectivity index (χ1v) is 5.98. The van der Waals surface area contributed by atoms with E-state index < -0.39 is 6.10 Å². The molecule has 0 saturated heterocycles. The molecule has 1 rings (SSSR count). The lowest BCUT2D eigenvalue weighted by Crippen LogP contribution is -2.44. The van der Waals surface area contributed by atoms with Crippen molar-refractivity contribution in [2.45, 2.75) is 12.6 Å². The summed E-state index contributed by atoms with van der Waals surface area (Å²) in [6, 6.07) is 9.52. The lowest BCUT2D eigenvalue weighted by Gasteiger charge is -2.12. The second-order valence-corrected chi connectivity index (χ2v) is 3.94. The highest BCUT2D eigenvalue weighted by molar-refractivity contribution is 5.86. The number of amides is 2. The van der Waals surface area contributed by atoms with Gasteiger partial charge >= 0.3 is 0 Å². The highest BCUT2D eigenvalue weighted by atomic mass is 16.5. The van der Waals surface area contributed by atoms with Gasteiger partial charge in [0.05, 0.1) is 6.54 Å². The fourth-order valence-electron chi connectivity index (χ4n) is 1.45. The van der Waals surface area contributed by atoms with Crippen molar-refractivity contribution in [2.75, 3.05) is 20.2 Å². The molecular weight excluding hydrogens is 246 g/mol. The van der Waals surface area contributed by atoms with Gasteiger partial charge in [-0.1, -0.05) is 30.3 Å². The molecule has 0 fully saturated rings. The van der Waals surface area contributed by atoms with Crippen LogP contribution in [-0.4, -0.2) is 38.1 Å². The molecule has 0 aromatic heterocycles. The fourth-order valence-corrected chi connectivity index (χ4v) is 1.45. The van der Waals surface area contributed by atoms with E-state index in [0.29, 0.717) is 6.54 Å². The molecule has 0 aliphatic carbocycles. The summed E-state index contributed by atoms with van der Waals surface area (Å²) in [6.45, 7) is 0.416. The fraction of sp³-hybridized carbons (Fsp3) is 0.385. The smallest absolute Gasteiger partial charge is 0.250 e. The maximum Gasteiger partial charge on any atom is 0.250 e. The first-order chi connectivity index (χ1) is 9.17. The quantitative estimate of drug-likeness (QED) is 0.613. The predicted molar refractivity (Wildman–Crippen MR) is 71.1 cm³/mol. The summed E-state index contributed by atoms with van der Waals surface area (Å²) in [4.78, 5) is 23.0. The zero-order chi connectivity index (χ0) is 14.1. The van der Waals surface area contributed by atoms with Crippen molar-refractivity contribution in [2.24, 2.45) is 5.73 Å². The normalized spacial score (nSPS) is 11.7. The molecule has 0 heterocycles. The molecule has 6 nitrogen and oxygen atoms in total. The maximum absolute atomic E-state index is 11.5. The van der Waals surface area contributed by atoms with Gasteiger partial charge in [-0.05, 0) is 5.56 Å². The summed E-state index contributed by atoms with van der Waals surface area (Å²) in [5, 5.41) is 5.17. The monoisotopic (exact) mass is 265 g/mol.